The van der Waals surface area contributed by atoms with Crippen molar-refractivity contribution in [1.82, 2.24) is 29.2 Å². The topological polar surface area (TPSA) is 99.6 Å². The molecule has 2 aliphatic rings. The van der Waals surface area contributed by atoms with Gasteiger partial charge in [0, 0.05) is 53.9 Å². The van der Waals surface area contributed by atoms with Gasteiger partial charge in [-0.2, -0.15) is 22.5 Å². The zero-order chi connectivity index (χ0) is 33.0. The van der Waals surface area contributed by atoms with Gasteiger partial charge in [0.05, 0.1) is 26.2 Å². The van der Waals surface area contributed by atoms with Crippen molar-refractivity contribution in [3.63, 3.8) is 0 Å². The standard InChI is InChI=1S/C33H33Cl3N6O3S2/c34-24-10-7-23(8-11-24)9-13-26-14-16-30(46-26)32-27(22-37-47(44,45)41-19-5-2-6-20-41)31(33(43)39-40-17-3-1-4-18-40)38-42(32)29-15-12-25(35)21-28(29)36/h7-8,10-12,14-16,21,37H,1-6,17-20,22H2,(H,39,43). The van der Waals surface area contributed by atoms with Gasteiger partial charge in [0.1, 0.15) is 0 Å². The maximum Gasteiger partial charge on any atom is 0.286 e. The van der Waals surface area contributed by atoms with Gasteiger partial charge < -0.3 is 0 Å². The number of halogens is 3. The van der Waals surface area contributed by atoms with Crippen molar-refractivity contribution < 1.29 is 13.2 Å². The van der Waals surface area contributed by atoms with E-state index in [1.54, 1.807) is 35.0 Å². The van der Waals surface area contributed by atoms with Gasteiger partial charge in [0.15, 0.2) is 5.69 Å². The number of piperidine rings is 2. The molecule has 246 valence electrons. The fraction of sp³-hybridized carbons (Fsp3) is 0.333. The lowest BCUT2D eigenvalue weighted by Gasteiger charge is -2.27. The molecule has 6 rings (SSSR count). The summed E-state index contributed by atoms with van der Waals surface area (Å²) in [6, 6.07) is 16.1. The monoisotopic (exact) mass is 730 g/mol. The molecular weight excluding hydrogens is 699 g/mol. The Morgan fingerprint density at radius 3 is 2.23 bits per heavy atom. The second-order valence-corrected chi connectivity index (χ2v) is 15.5. The highest BCUT2D eigenvalue weighted by Gasteiger charge is 2.30. The Balaban J connectivity index is 1.45. The molecule has 0 spiro atoms. The van der Waals surface area contributed by atoms with E-state index in [4.69, 9.17) is 39.9 Å². The van der Waals surface area contributed by atoms with E-state index in [1.165, 1.54) is 15.6 Å². The summed E-state index contributed by atoms with van der Waals surface area (Å²) in [5, 5.41) is 8.08. The minimum absolute atomic E-state index is 0.0973. The number of hydrogen-bond acceptors (Lipinski definition) is 6. The molecule has 2 aromatic heterocycles. The van der Waals surface area contributed by atoms with Crippen molar-refractivity contribution >= 4 is 62.3 Å². The summed E-state index contributed by atoms with van der Waals surface area (Å²) in [4.78, 5) is 15.4. The van der Waals surface area contributed by atoms with Crippen LogP contribution in [0.5, 0.6) is 0 Å². The Morgan fingerprint density at radius 1 is 0.851 bits per heavy atom. The fourth-order valence-electron chi connectivity index (χ4n) is 5.64. The van der Waals surface area contributed by atoms with E-state index in [0.717, 1.165) is 66.9 Å². The third-order valence-electron chi connectivity index (χ3n) is 8.05. The lowest BCUT2D eigenvalue weighted by Crippen LogP contribution is -2.46. The molecule has 2 aliphatic heterocycles. The van der Waals surface area contributed by atoms with Crippen molar-refractivity contribution in [3.8, 4) is 28.1 Å². The number of rotatable bonds is 8. The van der Waals surface area contributed by atoms with Gasteiger partial charge in [-0.05, 0) is 80.3 Å². The van der Waals surface area contributed by atoms with Crippen LogP contribution in [-0.2, 0) is 16.8 Å². The van der Waals surface area contributed by atoms with Crippen LogP contribution in [0, 0.1) is 11.8 Å². The lowest BCUT2D eigenvalue weighted by atomic mass is 10.1. The van der Waals surface area contributed by atoms with E-state index >= 15 is 0 Å². The quantitative estimate of drug-likeness (QED) is 0.192. The minimum Gasteiger partial charge on any atom is -0.283 e. The van der Waals surface area contributed by atoms with Crippen LogP contribution in [0.15, 0.2) is 54.6 Å². The van der Waals surface area contributed by atoms with Crippen molar-refractivity contribution in [2.24, 2.45) is 0 Å². The predicted octanol–water partition coefficient (Wildman–Crippen LogP) is 6.91. The first-order valence-electron chi connectivity index (χ1n) is 15.4. The van der Waals surface area contributed by atoms with Crippen LogP contribution < -0.4 is 10.1 Å². The normalized spacial score (nSPS) is 16.1. The third kappa shape index (κ3) is 8.21. The van der Waals surface area contributed by atoms with Crippen LogP contribution in [0.4, 0.5) is 0 Å². The minimum atomic E-state index is -3.82. The molecule has 2 saturated heterocycles. The number of carbonyl (C=O) groups excluding carboxylic acids is 1. The molecular formula is C33H33Cl3N6O3S2. The molecule has 9 nitrogen and oxygen atoms in total. The molecule has 4 aromatic rings. The highest BCUT2D eigenvalue weighted by Crippen LogP contribution is 2.37. The molecule has 0 aliphatic carbocycles. The van der Waals surface area contributed by atoms with Gasteiger partial charge in [0.25, 0.3) is 16.1 Å². The van der Waals surface area contributed by atoms with Crippen molar-refractivity contribution in [2.75, 3.05) is 26.2 Å². The first-order valence-corrected chi connectivity index (χ1v) is 18.8. The number of carbonyl (C=O) groups is 1. The average molecular weight is 732 g/mol. The van der Waals surface area contributed by atoms with Gasteiger partial charge in [-0.1, -0.05) is 59.5 Å². The zero-order valence-corrected chi connectivity index (χ0v) is 29.3. The van der Waals surface area contributed by atoms with E-state index < -0.39 is 16.1 Å². The van der Waals surface area contributed by atoms with Crippen LogP contribution in [0.2, 0.25) is 15.1 Å². The van der Waals surface area contributed by atoms with Crippen LogP contribution in [0.3, 0.4) is 0 Å². The number of hydrogen-bond donors (Lipinski definition) is 2. The van der Waals surface area contributed by atoms with Gasteiger partial charge in [-0.25, -0.2) is 9.69 Å². The van der Waals surface area contributed by atoms with Crippen LogP contribution >= 0.6 is 46.1 Å². The van der Waals surface area contributed by atoms with E-state index in [0.29, 0.717) is 45.1 Å². The Labute approximate surface area is 294 Å². The molecule has 0 atom stereocenters. The van der Waals surface area contributed by atoms with Gasteiger partial charge in [-0.15, -0.1) is 11.3 Å². The number of aromatic nitrogens is 2. The summed E-state index contributed by atoms with van der Waals surface area (Å²) in [6.07, 6.45) is 5.64. The fourth-order valence-corrected chi connectivity index (χ4v) is 8.42. The molecule has 14 heteroatoms. The van der Waals surface area contributed by atoms with E-state index in [-0.39, 0.29) is 12.2 Å². The predicted molar refractivity (Wildman–Crippen MR) is 188 cm³/mol. The molecule has 47 heavy (non-hydrogen) atoms. The smallest absolute Gasteiger partial charge is 0.283 e. The Morgan fingerprint density at radius 2 is 1.53 bits per heavy atom. The van der Waals surface area contributed by atoms with E-state index in [9.17, 15) is 13.2 Å². The number of amides is 1. The zero-order valence-electron chi connectivity index (χ0n) is 25.4. The Bertz CT molecular complexity index is 1920. The first kappa shape index (κ1) is 34.0. The molecule has 0 unspecified atom stereocenters. The summed E-state index contributed by atoms with van der Waals surface area (Å²) in [5.41, 5.74) is 5.35. The van der Waals surface area contributed by atoms with Crippen molar-refractivity contribution in [2.45, 2.75) is 45.1 Å². The lowest BCUT2D eigenvalue weighted by molar-refractivity contribution is 0.0743. The maximum atomic E-state index is 13.9. The summed E-state index contributed by atoms with van der Waals surface area (Å²) >= 11 is 20.4. The van der Waals surface area contributed by atoms with Crippen LogP contribution in [-0.4, -0.2) is 59.6 Å². The highest BCUT2D eigenvalue weighted by atomic mass is 35.5. The number of benzene rings is 2. The van der Waals surface area contributed by atoms with Crippen LogP contribution in [0.25, 0.3) is 16.3 Å². The van der Waals surface area contributed by atoms with E-state index in [2.05, 4.69) is 22.0 Å². The van der Waals surface area contributed by atoms with Crippen LogP contribution in [0.1, 0.15) is 65.0 Å². The number of nitrogens with zero attached hydrogens (tertiary/aromatic N) is 4. The Kier molecular flexibility index (Phi) is 10.9. The summed E-state index contributed by atoms with van der Waals surface area (Å²) in [6.45, 7) is 2.18. The molecule has 1 amide bonds. The number of hydrazine groups is 1. The van der Waals surface area contributed by atoms with Crippen molar-refractivity contribution in [3.05, 3.63) is 91.4 Å². The third-order valence-corrected chi connectivity index (χ3v) is 11.4. The largest absolute Gasteiger partial charge is 0.286 e. The highest BCUT2D eigenvalue weighted by molar-refractivity contribution is 7.87. The first-order chi connectivity index (χ1) is 22.7. The molecule has 2 fully saturated rings. The number of thiophene rings is 1. The molecule has 2 N–H and O–H groups in total. The molecule has 0 radical (unpaired) electrons. The molecule has 0 saturated carbocycles. The average Bonchev–Trinajstić information content (AvgIpc) is 3.69. The Hall–Kier alpha value is -2.92. The van der Waals surface area contributed by atoms with Gasteiger partial charge in [-0.3, -0.25) is 10.2 Å². The number of nitrogens with one attached hydrogen (secondary N) is 2. The summed E-state index contributed by atoms with van der Waals surface area (Å²) in [7, 11) is -3.82. The maximum absolute atomic E-state index is 13.9. The summed E-state index contributed by atoms with van der Waals surface area (Å²) < 4.78 is 32.7. The second kappa shape index (κ2) is 15.1. The van der Waals surface area contributed by atoms with Gasteiger partial charge >= 0.3 is 0 Å². The van der Waals surface area contributed by atoms with Gasteiger partial charge in [0.2, 0.25) is 0 Å². The van der Waals surface area contributed by atoms with Crippen molar-refractivity contribution in [1.29, 1.82) is 0 Å². The molecule has 2 aromatic carbocycles. The van der Waals surface area contributed by atoms with E-state index in [1.807, 2.05) is 29.3 Å². The molecule has 4 heterocycles. The SMILES string of the molecule is O=C(NN1CCCCC1)c1nn(-c2ccc(Cl)cc2Cl)c(-c2ccc(C#Cc3ccc(Cl)cc3)s2)c1CNS(=O)(=O)N1CCCCC1. The second-order valence-electron chi connectivity index (χ2n) is 11.4. The molecule has 0 bridgehead atoms. The summed E-state index contributed by atoms with van der Waals surface area (Å²) in [5.74, 6) is 5.93.